The van der Waals surface area contributed by atoms with Crippen molar-refractivity contribution in [3.63, 3.8) is 0 Å². The summed E-state index contributed by atoms with van der Waals surface area (Å²) in [6.45, 7) is 0.816. The molecular weight excluding hydrogens is 238 g/mol. The Kier molecular flexibility index (Phi) is 2.62. The third-order valence-corrected chi connectivity index (χ3v) is 3.75. The second kappa shape index (κ2) is 4.02. The van der Waals surface area contributed by atoms with Gasteiger partial charge in [0, 0.05) is 23.0 Å². The summed E-state index contributed by atoms with van der Waals surface area (Å²) in [7, 11) is 0. The summed E-state index contributed by atoms with van der Waals surface area (Å²) < 4.78 is 5.48. The Balaban J connectivity index is 1.87. The van der Waals surface area contributed by atoms with Crippen LogP contribution in [-0.2, 0) is 6.54 Å². The summed E-state index contributed by atoms with van der Waals surface area (Å²) in [5, 5.41) is 14.1. The maximum atomic E-state index is 9.25. The zero-order valence-electron chi connectivity index (χ0n) is 9.37. The van der Waals surface area contributed by atoms with Crippen LogP contribution in [0.1, 0.15) is 18.4 Å². The van der Waals surface area contributed by atoms with Gasteiger partial charge >= 0.3 is 0 Å². The van der Waals surface area contributed by atoms with E-state index in [1.54, 1.807) is 0 Å². The van der Waals surface area contributed by atoms with Crippen LogP contribution in [0.15, 0.2) is 28.7 Å². The molecule has 90 valence electrons. The van der Waals surface area contributed by atoms with E-state index in [1.807, 2.05) is 24.3 Å². The molecule has 0 amide bonds. The molecule has 0 saturated heterocycles. The van der Waals surface area contributed by atoms with Gasteiger partial charge in [-0.25, -0.2) is 0 Å². The topological polar surface area (TPSA) is 45.4 Å². The summed E-state index contributed by atoms with van der Waals surface area (Å²) >= 11 is 6.09. The van der Waals surface area contributed by atoms with E-state index in [4.69, 9.17) is 16.0 Å². The van der Waals surface area contributed by atoms with Crippen LogP contribution in [0.2, 0.25) is 5.22 Å². The molecular formula is C13H14ClNO2. The lowest BCUT2D eigenvalue weighted by Crippen LogP contribution is -2.34. The van der Waals surface area contributed by atoms with Crippen molar-refractivity contribution >= 4 is 22.6 Å². The maximum absolute atomic E-state index is 9.25. The molecule has 1 aliphatic carbocycles. The van der Waals surface area contributed by atoms with Gasteiger partial charge in [0.1, 0.15) is 5.58 Å². The number of fused-ring (bicyclic) bond motifs is 1. The quantitative estimate of drug-likeness (QED) is 0.878. The second-order valence-electron chi connectivity index (χ2n) is 4.64. The lowest BCUT2D eigenvalue weighted by molar-refractivity contribution is 0.229. The van der Waals surface area contributed by atoms with E-state index >= 15 is 0 Å². The van der Waals surface area contributed by atoms with Crippen LogP contribution in [0.5, 0.6) is 0 Å². The number of rotatable bonds is 4. The zero-order valence-corrected chi connectivity index (χ0v) is 10.1. The molecule has 1 aromatic heterocycles. The van der Waals surface area contributed by atoms with E-state index < -0.39 is 0 Å². The van der Waals surface area contributed by atoms with Crippen molar-refractivity contribution in [2.45, 2.75) is 24.9 Å². The fourth-order valence-electron chi connectivity index (χ4n) is 2.05. The standard InChI is InChI=1S/C13H14ClNO2/c14-12-10(7-15-13(8-16)5-6-13)9-3-1-2-4-11(9)17-12/h1-4,15-16H,5-8H2. The van der Waals surface area contributed by atoms with Gasteiger partial charge in [-0.15, -0.1) is 0 Å². The highest BCUT2D eigenvalue weighted by Crippen LogP contribution is 2.36. The fourth-order valence-corrected chi connectivity index (χ4v) is 2.30. The van der Waals surface area contributed by atoms with Crippen LogP contribution >= 0.6 is 11.6 Å². The molecule has 1 fully saturated rings. The van der Waals surface area contributed by atoms with Crippen LogP contribution in [0.4, 0.5) is 0 Å². The lowest BCUT2D eigenvalue weighted by atomic mass is 10.1. The molecule has 1 saturated carbocycles. The Morgan fingerprint density at radius 2 is 2.12 bits per heavy atom. The number of hydrogen-bond donors (Lipinski definition) is 2. The van der Waals surface area contributed by atoms with Crippen LogP contribution in [-0.4, -0.2) is 17.3 Å². The van der Waals surface area contributed by atoms with Gasteiger partial charge in [-0.2, -0.15) is 0 Å². The number of aliphatic hydroxyl groups is 1. The SMILES string of the molecule is OCC1(NCc2c(Cl)oc3ccccc23)CC1. The van der Waals surface area contributed by atoms with E-state index in [0.717, 1.165) is 29.4 Å². The maximum Gasteiger partial charge on any atom is 0.199 e. The third-order valence-electron chi connectivity index (χ3n) is 3.45. The number of furan rings is 1. The number of para-hydroxylation sites is 1. The highest BCUT2D eigenvalue weighted by atomic mass is 35.5. The van der Waals surface area contributed by atoms with Gasteiger partial charge in [-0.1, -0.05) is 18.2 Å². The fraction of sp³-hybridized carbons (Fsp3) is 0.385. The number of benzene rings is 1. The minimum atomic E-state index is -0.0816. The van der Waals surface area contributed by atoms with Crippen molar-refractivity contribution in [2.24, 2.45) is 0 Å². The molecule has 2 N–H and O–H groups in total. The number of aliphatic hydroxyl groups excluding tert-OH is 1. The molecule has 1 aliphatic rings. The second-order valence-corrected chi connectivity index (χ2v) is 4.99. The predicted molar refractivity (Wildman–Crippen MR) is 67.1 cm³/mol. The number of hydrogen-bond acceptors (Lipinski definition) is 3. The Morgan fingerprint density at radius 1 is 1.35 bits per heavy atom. The summed E-state index contributed by atoms with van der Waals surface area (Å²) in [5.41, 5.74) is 1.70. The Morgan fingerprint density at radius 3 is 2.82 bits per heavy atom. The Bertz CT molecular complexity index is 545. The molecule has 17 heavy (non-hydrogen) atoms. The first-order valence-electron chi connectivity index (χ1n) is 5.76. The van der Waals surface area contributed by atoms with Crippen molar-refractivity contribution in [1.29, 1.82) is 0 Å². The van der Waals surface area contributed by atoms with Crippen LogP contribution in [0.3, 0.4) is 0 Å². The average Bonchev–Trinajstić information content (AvgIpc) is 3.05. The van der Waals surface area contributed by atoms with Gasteiger partial charge in [-0.05, 0) is 30.5 Å². The predicted octanol–water partition coefficient (Wildman–Crippen LogP) is 2.70. The van der Waals surface area contributed by atoms with E-state index in [0.29, 0.717) is 11.8 Å². The van der Waals surface area contributed by atoms with Crippen LogP contribution < -0.4 is 5.32 Å². The van der Waals surface area contributed by atoms with E-state index in [-0.39, 0.29) is 12.1 Å². The molecule has 0 spiro atoms. The first-order valence-corrected chi connectivity index (χ1v) is 6.14. The van der Waals surface area contributed by atoms with Crippen molar-refractivity contribution in [3.05, 3.63) is 35.0 Å². The van der Waals surface area contributed by atoms with Gasteiger partial charge in [-0.3, -0.25) is 0 Å². The smallest absolute Gasteiger partial charge is 0.199 e. The summed E-state index contributed by atoms with van der Waals surface area (Å²) in [5.74, 6) is 0. The van der Waals surface area contributed by atoms with Gasteiger partial charge in [0.2, 0.25) is 0 Å². The highest BCUT2D eigenvalue weighted by Gasteiger charge is 2.41. The molecule has 0 atom stereocenters. The van der Waals surface area contributed by atoms with Gasteiger partial charge in [0.25, 0.3) is 0 Å². The Labute approximate surface area is 104 Å². The molecule has 2 aromatic rings. The first kappa shape index (κ1) is 11.1. The van der Waals surface area contributed by atoms with Gasteiger partial charge < -0.3 is 14.8 Å². The summed E-state index contributed by atoms with van der Waals surface area (Å²) in [6, 6.07) is 7.80. The first-order chi connectivity index (χ1) is 8.24. The summed E-state index contributed by atoms with van der Waals surface area (Å²) in [4.78, 5) is 0. The van der Waals surface area contributed by atoms with Crippen molar-refractivity contribution in [3.8, 4) is 0 Å². The lowest BCUT2D eigenvalue weighted by Gasteiger charge is -2.13. The third kappa shape index (κ3) is 1.95. The van der Waals surface area contributed by atoms with E-state index in [1.165, 1.54) is 0 Å². The normalized spacial score (nSPS) is 17.5. The monoisotopic (exact) mass is 251 g/mol. The molecule has 3 nitrogen and oxygen atoms in total. The van der Waals surface area contributed by atoms with E-state index in [2.05, 4.69) is 5.32 Å². The molecule has 0 radical (unpaired) electrons. The van der Waals surface area contributed by atoms with Gasteiger partial charge in [0.15, 0.2) is 5.22 Å². The summed E-state index contributed by atoms with van der Waals surface area (Å²) in [6.07, 6.45) is 2.05. The zero-order chi connectivity index (χ0) is 11.9. The molecule has 1 aromatic carbocycles. The molecule has 4 heteroatoms. The molecule has 1 heterocycles. The Hall–Kier alpha value is -1.03. The largest absolute Gasteiger partial charge is 0.444 e. The highest BCUT2D eigenvalue weighted by molar-refractivity contribution is 6.30. The minimum Gasteiger partial charge on any atom is -0.444 e. The minimum absolute atomic E-state index is 0.0816. The molecule has 0 unspecified atom stereocenters. The molecule has 0 aliphatic heterocycles. The number of halogens is 1. The van der Waals surface area contributed by atoms with Gasteiger partial charge in [0.05, 0.1) is 6.61 Å². The van der Waals surface area contributed by atoms with Crippen molar-refractivity contribution in [2.75, 3.05) is 6.61 Å². The van der Waals surface area contributed by atoms with Crippen LogP contribution in [0.25, 0.3) is 11.0 Å². The van der Waals surface area contributed by atoms with E-state index in [9.17, 15) is 5.11 Å². The molecule has 3 rings (SSSR count). The number of nitrogens with one attached hydrogen (secondary N) is 1. The van der Waals surface area contributed by atoms with Crippen molar-refractivity contribution in [1.82, 2.24) is 5.32 Å². The van der Waals surface area contributed by atoms with Crippen molar-refractivity contribution < 1.29 is 9.52 Å². The average molecular weight is 252 g/mol. The molecule has 0 bridgehead atoms. The van der Waals surface area contributed by atoms with Crippen LogP contribution in [0, 0.1) is 0 Å².